The quantitative estimate of drug-likeness (QED) is 0.899. The summed E-state index contributed by atoms with van der Waals surface area (Å²) in [5.41, 5.74) is 2.46. The summed E-state index contributed by atoms with van der Waals surface area (Å²) in [6.07, 6.45) is 3.22. The molecule has 4 nitrogen and oxygen atoms in total. The molecule has 1 saturated heterocycles. The minimum atomic E-state index is -0.0830. The van der Waals surface area contributed by atoms with E-state index in [4.69, 9.17) is 4.74 Å². The largest absolute Gasteiger partial charge is 0.380 e. The number of amides is 1. The van der Waals surface area contributed by atoms with Crippen molar-refractivity contribution >= 4 is 5.91 Å². The van der Waals surface area contributed by atoms with Crippen LogP contribution in [0.15, 0.2) is 24.3 Å². The highest BCUT2D eigenvalue weighted by atomic mass is 16.5. The molecule has 1 heterocycles. The molecule has 0 spiro atoms. The second-order valence-corrected chi connectivity index (χ2v) is 6.24. The predicted molar refractivity (Wildman–Crippen MR) is 82.0 cm³/mol. The molecule has 1 aliphatic heterocycles. The molecular weight excluding hydrogens is 264 g/mol. The number of methoxy groups -OCH3 is 1. The lowest BCUT2D eigenvalue weighted by Crippen LogP contribution is -2.44. The van der Waals surface area contributed by atoms with E-state index in [-0.39, 0.29) is 18.1 Å². The van der Waals surface area contributed by atoms with Crippen LogP contribution in [0.3, 0.4) is 0 Å². The van der Waals surface area contributed by atoms with Gasteiger partial charge < -0.3 is 15.0 Å². The van der Waals surface area contributed by atoms with Crippen molar-refractivity contribution in [2.24, 2.45) is 0 Å². The fraction of sp³-hybridized carbons (Fsp3) is 0.588. The topological polar surface area (TPSA) is 41.6 Å². The molecule has 0 bridgehead atoms. The number of carbonyl (C=O) groups excluding carboxylic acids is 1. The van der Waals surface area contributed by atoms with Gasteiger partial charge in [0.15, 0.2) is 0 Å². The van der Waals surface area contributed by atoms with Crippen molar-refractivity contribution in [3.8, 4) is 0 Å². The van der Waals surface area contributed by atoms with Gasteiger partial charge in [-0.3, -0.25) is 4.79 Å². The number of benzene rings is 1. The first kappa shape index (κ1) is 14.5. The van der Waals surface area contributed by atoms with Crippen molar-refractivity contribution in [2.75, 3.05) is 13.7 Å². The zero-order chi connectivity index (χ0) is 14.8. The summed E-state index contributed by atoms with van der Waals surface area (Å²) >= 11 is 0. The average molecular weight is 288 g/mol. The molecule has 1 aromatic rings. The van der Waals surface area contributed by atoms with Gasteiger partial charge in [0.25, 0.3) is 0 Å². The highest BCUT2D eigenvalue weighted by Crippen LogP contribution is 2.30. The van der Waals surface area contributed by atoms with Crippen LogP contribution >= 0.6 is 0 Å². The Hall–Kier alpha value is -1.39. The Morgan fingerprint density at radius 3 is 2.86 bits per heavy atom. The standard InChI is InChI=1S/C17H24N2O2/c1-12-4-3-5-13(8-12)11-19(14-6-7-14)17(20)16-9-15(21-2)10-18-16/h3-5,8,14-16,18H,6-7,9-11H2,1-2H3. The lowest BCUT2D eigenvalue weighted by Gasteiger charge is -2.26. The van der Waals surface area contributed by atoms with E-state index in [0.717, 1.165) is 32.4 Å². The highest BCUT2D eigenvalue weighted by Gasteiger charge is 2.38. The molecule has 1 saturated carbocycles. The van der Waals surface area contributed by atoms with Crippen LogP contribution in [-0.2, 0) is 16.1 Å². The van der Waals surface area contributed by atoms with Gasteiger partial charge in [-0.2, -0.15) is 0 Å². The fourth-order valence-corrected chi connectivity index (χ4v) is 3.05. The normalized spacial score (nSPS) is 25.0. The van der Waals surface area contributed by atoms with E-state index in [9.17, 15) is 4.79 Å². The summed E-state index contributed by atoms with van der Waals surface area (Å²) in [6, 6.07) is 8.78. The fourth-order valence-electron chi connectivity index (χ4n) is 3.05. The monoisotopic (exact) mass is 288 g/mol. The van der Waals surface area contributed by atoms with Crippen LogP contribution in [0.5, 0.6) is 0 Å². The van der Waals surface area contributed by atoms with Gasteiger partial charge in [0.05, 0.1) is 12.1 Å². The Morgan fingerprint density at radius 2 is 2.24 bits per heavy atom. The Kier molecular flexibility index (Phi) is 4.27. The third-order valence-electron chi connectivity index (χ3n) is 4.43. The summed E-state index contributed by atoms with van der Waals surface area (Å²) in [5, 5.41) is 3.30. The van der Waals surface area contributed by atoms with E-state index in [1.54, 1.807) is 7.11 Å². The second kappa shape index (κ2) is 6.16. The van der Waals surface area contributed by atoms with Crippen LogP contribution in [-0.4, -0.2) is 42.6 Å². The molecule has 2 unspecified atom stereocenters. The van der Waals surface area contributed by atoms with Crippen LogP contribution in [0.4, 0.5) is 0 Å². The molecule has 21 heavy (non-hydrogen) atoms. The minimum Gasteiger partial charge on any atom is -0.380 e. The van der Waals surface area contributed by atoms with Gasteiger partial charge in [0.2, 0.25) is 5.91 Å². The van der Waals surface area contributed by atoms with Gasteiger partial charge in [-0.15, -0.1) is 0 Å². The summed E-state index contributed by atoms with van der Waals surface area (Å²) in [4.78, 5) is 14.8. The van der Waals surface area contributed by atoms with Crippen LogP contribution in [0.25, 0.3) is 0 Å². The lowest BCUT2D eigenvalue weighted by molar-refractivity contribution is -0.134. The summed E-state index contributed by atoms with van der Waals surface area (Å²) in [7, 11) is 1.71. The van der Waals surface area contributed by atoms with Gasteiger partial charge >= 0.3 is 0 Å². The third kappa shape index (κ3) is 3.44. The summed E-state index contributed by atoms with van der Waals surface area (Å²) < 4.78 is 5.35. The van der Waals surface area contributed by atoms with Crippen LogP contribution in [0, 0.1) is 6.92 Å². The second-order valence-electron chi connectivity index (χ2n) is 6.24. The Labute approximate surface area is 126 Å². The first-order valence-electron chi connectivity index (χ1n) is 7.79. The van der Waals surface area contributed by atoms with Gasteiger partial charge in [0.1, 0.15) is 0 Å². The molecule has 0 aromatic heterocycles. The molecule has 1 aromatic carbocycles. The molecule has 1 amide bonds. The molecule has 3 rings (SSSR count). The maximum absolute atomic E-state index is 12.8. The number of hydrogen-bond acceptors (Lipinski definition) is 3. The smallest absolute Gasteiger partial charge is 0.240 e. The maximum atomic E-state index is 12.8. The average Bonchev–Trinajstić information content (AvgIpc) is 3.20. The molecule has 114 valence electrons. The lowest BCUT2D eigenvalue weighted by atomic mass is 10.1. The van der Waals surface area contributed by atoms with Crippen molar-refractivity contribution in [2.45, 2.75) is 50.9 Å². The Morgan fingerprint density at radius 1 is 1.43 bits per heavy atom. The molecule has 2 fully saturated rings. The first-order chi connectivity index (χ1) is 10.2. The van der Waals surface area contributed by atoms with E-state index >= 15 is 0 Å². The van der Waals surface area contributed by atoms with E-state index in [0.29, 0.717) is 6.04 Å². The zero-order valence-electron chi connectivity index (χ0n) is 12.8. The third-order valence-corrected chi connectivity index (χ3v) is 4.43. The molecular formula is C17H24N2O2. The molecule has 2 atom stereocenters. The number of aryl methyl sites for hydroxylation is 1. The summed E-state index contributed by atoms with van der Waals surface area (Å²) in [6.45, 7) is 3.59. The van der Waals surface area contributed by atoms with Crippen LogP contribution in [0.2, 0.25) is 0 Å². The Bertz CT molecular complexity index is 513. The van der Waals surface area contributed by atoms with E-state index in [1.165, 1.54) is 11.1 Å². The number of rotatable bonds is 5. The number of nitrogens with one attached hydrogen (secondary N) is 1. The number of nitrogens with zero attached hydrogens (tertiary/aromatic N) is 1. The zero-order valence-corrected chi connectivity index (χ0v) is 12.8. The van der Waals surface area contributed by atoms with Crippen molar-refractivity contribution in [1.82, 2.24) is 10.2 Å². The van der Waals surface area contributed by atoms with Gasteiger partial charge in [0, 0.05) is 26.2 Å². The van der Waals surface area contributed by atoms with Gasteiger partial charge in [-0.05, 0) is 31.7 Å². The van der Waals surface area contributed by atoms with Gasteiger partial charge in [-0.1, -0.05) is 29.8 Å². The van der Waals surface area contributed by atoms with Crippen molar-refractivity contribution in [3.63, 3.8) is 0 Å². The molecule has 1 aliphatic carbocycles. The molecule has 1 N–H and O–H groups in total. The molecule has 0 radical (unpaired) electrons. The number of carbonyl (C=O) groups is 1. The molecule has 4 heteroatoms. The Balaban J connectivity index is 1.68. The predicted octanol–water partition coefficient (Wildman–Crippen LogP) is 1.86. The van der Waals surface area contributed by atoms with E-state index in [2.05, 4.69) is 41.4 Å². The van der Waals surface area contributed by atoms with Crippen LogP contribution < -0.4 is 5.32 Å². The van der Waals surface area contributed by atoms with Crippen molar-refractivity contribution in [3.05, 3.63) is 35.4 Å². The number of ether oxygens (including phenoxy) is 1. The first-order valence-corrected chi connectivity index (χ1v) is 7.79. The SMILES string of the molecule is COC1CNC(C(=O)N(Cc2cccc(C)c2)C2CC2)C1. The number of hydrogen-bond donors (Lipinski definition) is 1. The maximum Gasteiger partial charge on any atom is 0.240 e. The van der Waals surface area contributed by atoms with Crippen molar-refractivity contribution < 1.29 is 9.53 Å². The highest BCUT2D eigenvalue weighted by molar-refractivity contribution is 5.83. The van der Waals surface area contributed by atoms with E-state index in [1.807, 2.05) is 0 Å². The summed E-state index contributed by atoms with van der Waals surface area (Å²) in [5.74, 6) is 0.235. The van der Waals surface area contributed by atoms with Crippen molar-refractivity contribution in [1.29, 1.82) is 0 Å². The minimum absolute atomic E-state index is 0.0830. The molecule has 2 aliphatic rings. The van der Waals surface area contributed by atoms with E-state index < -0.39 is 0 Å². The van der Waals surface area contributed by atoms with Gasteiger partial charge in [-0.25, -0.2) is 0 Å². The van der Waals surface area contributed by atoms with Crippen LogP contribution in [0.1, 0.15) is 30.4 Å².